The second-order valence-corrected chi connectivity index (χ2v) is 14.9. The summed E-state index contributed by atoms with van der Waals surface area (Å²) in [7, 11) is 5.99. The van der Waals surface area contributed by atoms with Crippen LogP contribution in [0.1, 0.15) is 59.4 Å². The van der Waals surface area contributed by atoms with Crippen LogP contribution in [0.5, 0.6) is 5.75 Å². The molecule has 3 amide bonds. The third-order valence-electron chi connectivity index (χ3n) is 10.4. The molecule has 4 rings (SSSR count). The Hall–Kier alpha value is -3.30. The number of nitrogens with zero attached hydrogens (tertiary/aromatic N) is 2. The Balaban J connectivity index is 1.81. The zero-order chi connectivity index (χ0) is 38.1. The van der Waals surface area contributed by atoms with E-state index in [9.17, 15) is 24.3 Å². The van der Waals surface area contributed by atoms with Crippen molar-refractivity contribution >= 4 is 53.8 Å². The SMILES string of the molecule is COc1cc2cc(c1Cl)N(C)C(=O)C[C@H](OC(=O)[C@H](C)N(C)C(=O)CCS)[C@]1(C)O[C@H]1[C@H](C)[C@]1(C)C[C@@](O)(NC(=O)O1)[C@H](OC)/C=C/C=C(\C)C2. The lowest BCUT2D eigenvalue weighted by atomic mass is 9.75. The fourth-order valence-corrected chi connectivity index (χ4v) is 7.32. The van der Waals surface area contributed by atoms with Gasteiger partial charge in [-0.1, -0.05) is 42.3 Å². The standard InChI is InChI=1S/C36H50ClN3O10S/c1-20-11-10-12-26(47-9)36(45)19-34(4,50-33(44)38-36)21(2)31-35(5,49-31)27(48-32(43)22(3)39(6)28(41)13-14-51)18-29(42)40(7)24-16-23(15-20)17-25(46-8)30(24)37/h10-12,16-17,21-22,26-27,31,45,51H,13-15,18-19H2,1-9H3,(H,38,44)/b12-10+,20-11+/t21-,22-,26+,27-,31-,34-,35-,36-/m0/s1. The smallest absolute Gasteiger partial charge is 0.410 e. The first kappa shape index (κ1) is 40.5. The Labute approximate surface area is 310 Å². The minimum atomic E-state index is -1.86. The maximum Gasteiger partial charge on any atom is 0.410 e. The Morgan fingerprint density at radius 3 is 2.57 bits per heavy atom. The highest BCUT2D eigenvalue weighted by atomic mass is 35.5. The molecule has 0 aromatic heterocycles. The second kappa shape index (κ2) is 15.7. The zero-order valence-corrected chi connectivity index (χ0v) is 32.3. The first-order chi connectivity index (χ1) is 23.8. The molecule has 8 atom stereocenters. The minimum absolute atomic E-state index is 0.0836. The average Bonchev–Trinajstić information content (AvgIpc) is 3.76. The van der Waals surface area contributed by atoms with Crippen molar-refractivity contribution in [2.75, 3.05) is 39.0 Å². The second-order valence-electron chi connectivity index (χ2n) is 14.0. The highest BCUT2D eigenvalue weighted by Gasteiger charge is 2.67. The summed E-state index contributed by atoms with van der Waals surface area (Å²) in [4.78, 5) is 56.0. The van der Waals surface area contributed by atoms with Crippen LogP contribution in [-0.2, 0) is 39.8 Å². The van der Waals surface area contributed by atoms with E-state index in [2.05, 4.69) is 17.9 Å². The van der Waals surface area contributed by atoms with Crippen LogP contribution in [-0.4, -0.2) is 109 Å². The van der Waals surface area contributed by atoms with Crippen molar-refractivity contribution in [1.82, 2.24) is 10.2 Å². The number of aliphatic hydroxyl groups is 1. The molecule has 3 heterocycles. The number of alkyl carbamates (subject to hydrolysis) is 1. The molecule has 0 aliphatic carbocycles. The average molecular weight is 752 g/mol. The number of anilines is 1. The quantitative estimate of drug-likeness (QED) is 0.210. The summed E-state index contributed by atoms with van der Waals surface area (Å²) in [6.07, 6.45) is 1.80. The summed E-state index contributed by atoms with van der Waals surface area (Å²) in [5.74, 6) is -1.37. The van der Waals surface area contributed by atoms with Crippen LogP contribution in [0.25, 0.3) is 0 Å². The number of halogens is 1. The molecule has 15 heteroatoms. The number of rotatable bonds is 7. The van der Waals surface area contributed by atoms with Gasteiger partial charge in [0, 0.05) is 40.0 Å². The lowest BCUT2D eigenvalue weighted by molar-refractivity contribution is -0.173. The highest BCUT2D eigenvalue weighted by molar-refractivity contribution is 7.80. The summed E-state index contributed by atoms with van der Waals surface area (Å²) < 4.78 is 29.4. The van der Waals surface area contributed by atoms with Crippen LogP contribution in [0.2, 0.25) is 5.02 Å². The Morgan fingerprint density at radius 1 is 1.25 bits per heavy atom. The third-order valence-corrected chi connectivity index (χ3v) is 11.0. The molecule has 13 nitrogen and oxygen atoms in total. The summed E-state index contributed by atoms with van der Waals surface area (Å²) in [5, 5.41) is 14.6. The number of epoxide rings is 1. The van der Waals surface area contributed by atoms with E-state index in [1.165, 1.54) is 38.0 Å². The maximum atomic E-state index is 14.1. The van der Waals surface area contributed by atoms with Crippen molar-refractivity contribution in [2.24, 2.45) is 5.92 Å². The van der Waals surface area contributed by atoms with E-state index in [-0.39, 0.29) is 30.2 Å². The highest BCUT2D eigenvalue weighted by Crippen LogP contribution is 2.52. The van der Waals surface area contributed by atoms with Gasteiger partial charge in [-0.25, -0.2) is 9.59 Å². The van der Waals surface area contributed by atoms with Crippen LogP contribution in [0.3, 0.4) is 0 Å². The van der Waals surface area contributed by atoms with Gasteiger partial charge in [0.1, 0.15) is 40.2 Å². The summed E-state index contributed by atoms with van der Waals surface area (Å²) >= 11 is 10.9. The molecular formula is C36H50ClN3O10S. The van der Waals surface area contributed by atoms with Gasteiger partial charge in [0.25, 0.3) is 0 Å². The molecule has 0 saturated carbocycles. The van der Waals surface area contributed by atoms with Crippen LogP contribution >= 0.6 is 24.2 Å². The van der Waals surface area contributed by atoms with Crippen LogP contribution in [0, 0.1) is 5.92 Å². The van der Waals surface area contributed by atoms with Gasteiger partial charge in [-0.05, 0) is 57.6 Å². The number of nitrogens with one attached hydrogen (secondary N) is 1. The van der Waals surface area contributed by atoms with Crippen molar-refractivity contribution in [3.63, 3.8) is 0 Å². The van der Waals surface area contributed by atoms with E-state index in [0.717, 1.165) is 11.1 Å². The van der Waals surface area contributed by atoms with Crippen molar-refractivity contribution in [3.05, 3.63) is 46.5 Å². The summed E-state index contributed by atoms with van der Waals surface area (Å²) in [6, 6.07) is 2.60. The molecule has 2 N–H and O–H groups in total. The number of carbonyl (C=O) groups is 4. The van der Waals surface area contributed by atoms with Gasteiger partial charge in [-0.15, -0.1) is 0 Å². The predicted molar refractivity (Wildman–Crippen MR) is 194 cm³/mol. The van der Waals surface area contributed by atoms with Crippen LogP contribution in [0.4, 0.5) is 10.5 Å². The number of esters is 1. The van der Waals surface area contributed by atoms with E-state index < -0.39 is 65.2 Å². The lowest BCUT2D eigenvalue weighted by Crippen LogP contribution is -2.67. The van der Waals surface area contributed by atoms with Gasteiger partial charge in [0.15, 0.2) is 5.72 Å². The number of thiol groups is 1. The van der Waals surface area contributed by atoms with E-state index in [4.69, 9.17) is 35.3 Å². The van der Waals surface area contributed by atoms with Gasteiger partial charge in [0.05, 0.1) is 25.3 Å². The Kier molecular flexibility index (Phi) is 12.5. The molecule has 282 valence electrons. The zero-order valence-electron chi connectivity index (χ0n) is 30.7. The molecule has 51 heavy (non-hydrogen) atoms. The summed E-state index contributed by atoms with van der Waals surface area (Å²) in [5.41, 5.74) is -2.26. The molecule has 0 unspecified atom stereocenters. The third kappa shape index (κ3) is 8.51. The van der Waals surface area contributed by atoms with E-state index >= 15 is 0 Å². The fourth-order valence-electron chi connectivity index (χ4n) is 6.82. The van der Waals surface area contributed by atoms with E-state index in [1.807, 2.05) is 13.0 Å². The molecular weight excluding hydrogens is 702 g/mol. The molecule has 2 fully saturated rings. The van der Waals surface area contributed by atoms with Gasteiger partial charge in [-0.3, -0.25) is 14.9 Å². The molecule has 3 aliphatic heterocycles. The number of fused-ring (bicyclic) bond motifs is 5. The first-order valence-electron chi connectivity index (χ1n) is 16.8. The number of likely N-dealkylation sites (N-methyl/N-ethyl adjacent to an activating group) is 1. The number of hydrogen-bond acceptors (Lipinski definition) is 11. The molecule has 1 aromatic rings. The predicted octanol–water partition coefficient (Wildman–Crippen LogP) is 4.22. The number of methoxy groups -OCH3 is 2. The Bertz CT molecular complexity index is 1590. The largest absolute Gasteiger partial charge is 0.495 e. The number of ether oxygens (including phenoxy) is 5. The van der Waals surface area contributed by atoms with Crippen LogP contribution in [0.15, 0.2) is 35.9 Å². The van der Waals surface area contributed by atoms with Crippen molar-refractivity contribution in [1.29, 1.82) is 0 Å². The molecule has 0 spiro atoms. The van der Waals surface area contributed by atoms with Crippen LogP contribution < -0.4 is 15.0 Å². The molecule has 4 bridgehead atoms. The molecule has 2 saturated heterocycles. The van der Waals surface area contributed by atoms with Gasteiger partial charge in [0.2, 0.25) is 11.8 Å². The monoisotopic (exact) mass is 751 g/mol. The van der Waals surface area contributed by atoms with Gasteiger partial charge in [-0.2, -0.15) is 12.6 Å². The van der Waals surface area contributed by atoms with Crippen molar-refractivity contribution in [2.45, 2.75) is 102 Å². The van der Waals surface area contributed by atoms with E-state index in [1.54, 1.807) is 52.1 Å². The van der Waals surface area contributed by atoms with Gasteiger partial charge < -0.3 is 38.6 Å². The lowest BCUT2D eigenvalue weighted by Gasteiger charge is -2.47. The molecule has 3 aliphatic rings. The minimum Gasteiger partial charge on any atom is -0.495 e. The maximum absolute atomic E-state index is 14.1. The normalized spacial score (nSPS) is 33.4. The van der Waals surface area contributed by atoms with Crippen molar-refractivity contribution in [3.8, 4) is 5.75 Å². The fraction of sp³-hybridized carbons (Fsp3) is 0.611. The molecule has 0 radical (unpaired) electrons. The topological polar surface area (TPSA) is 156 Å². The Morgan fingerprint density at radius 2 is 1.94 bits per heavy atom. The first-order valence-corrected chi connectivity index (χ1v) is 17.8. The number of allylic oxidation sites excluding steroid dienone is 3. The molecule has 1 aromatic carbocycles. The van der Waals surface area contributed by atoms with E-state index in [0.29, 0.717) is 23.6 Å². The number of benzene rings is 1. The summed E-state index contributed by atoms with van der Waals surface area (Å²) in [6.45, 7) is 8.67. The van der Waals surface area contributed by atoms with Gasteiger partial charge >= 0.3 is 12.1 Å². The number of hydrogen-bond donors (Lipinski definition) is 3. The van der Waals surface area contributed by atoms with Crippen molar-refractivity contribution < 1.29 is 48.0 Å². The number of carbonyl (C=O) groups excluding carboxylic acids is 4. The number of amides is 3.